The monoisotopic (exact) mass is 488 g/mol. The number of para-hydroxylation sites is 1. The molecule has 0 bridgehead atoms. The van der Waals surface area contributed by atoms with Gasteiger partial charge in [0.2, 0.25) is 17.7 Å². The number of carbonyl (C=O) groups excluding carboxylic acids is 3. The van der Waals surface area contributed by atoms with Gasteiger partial charge in [-0.1, -0.05) is 48.5 Å². The molecular weight excluding hydrogens is 456 g/mol. The Kier molecular flexibility index (Phi) is 8.24. The average Bonchev–Trinajstić information content (AvgIpc) is 3.35. The van der Waals surface area contributed by atoms with Crippen molar-refractivity contribution in [3.8, 4) is 0 Å². The van der Waals surface area contributed by atoms with E-state index >= 15 is 0 Å². The lowest BCUT2D eigenvalue weighted by Crippen LogP contribution is -2.50. The molecule has 1 aliphatic heterocycles. The third-order valence-corrected chi connectivity index (χ3v) is 6.26. The summed E-state index contributed by atoms with van der Waals surface area (Å²) in [5, 5.41) is 12.7. The van der Waals surface area contributed by atoms with Crippen LogP contribution < -0.4 is 27.0 Å². The second-order valence-electron chi connectivity index (χ2n) is 9.18. The first kappa shape index (κ1) is 25.3. The smallest absolute Gasteiger partial charge is 0.247 e. The Morgan fingerprint density at radius 3 is 2.61 bits per heavy atom. The van der Waals surface area contributed by atoms with E-state index in [4.69, 9.17) is 5.73 Å². The quantitative estimate of drug-likeness (QED) is 0.309. The van der Waals surface area contributed by atoms with E-state index in [1.807, 2.05) is 60.7 Å². The molecule has 4 rings (SSSR count). The van der Waals surface area contributed by atoms with Crippen molar-refractivity contribution < 1.29 is 14.4 Å². The van der Waals surface area contributed by atoms with Gasteiger partial charge in [0.1, 0.15) is 6.04 Å². The van der Waals surface area contributed by atoms with Gasteiger partial charge in [0.25, 0.3) is 0 Å². The van der Waals surface area contributed by atoms with Crippen molar-refractivity contribution >= 4 is 34.3 Å². The Balaban J connectivity index is 1.42. The molecule has 9 nitrogen and oxygen atoms in total. The van der Waals surface area contributed by atoms with Crippen LogP contribution in [-0.4, -0.2) is 53.4 Å². The van der Waals surface area contributed by atoms with E-state index in [0.29, 0.717) is 31.5 Å². The Bertz CT molecular complexity index is 1220. The van der Waals surface area contributed by atoms with Crippen LogP contribution in [0, 0.1) is 0 Å². The van der Waals surface area contributed by atoms with E-state index in [9.17, 15) is 14.4 Å². The van der Waals surface area contributed by atoms with Gasteiger partial charge >= 0.3 is 0 Å². The lowest BCUT2D eigenvalue weighted by molar-refractivity contribution is -0.127. The molecule has 1 fully saturated rings. The molecule has 2 heterocycles. The molecule has 4 atom stereocenters. The highest BCUT2D eigenvalue weighted by molar-refractivity contribution is 5.99. The number of aromatic nitrogens is 1. The fourth-order valence-corrected chi connectivity index (χ4v) is 4.24. The zero-order valence-electron chi connectivity index (χ0n) is 20.2. The van der Waals surface area contributed by atoms with Crippen LogP contribution in [0.1, 0.15) is 25.3 Å². The van der Waals surface area contributed by atoms with E-state index in [1.165, 1.54) is 0 Å². The summed E-state index contributed by atoms with van der Waals surface area (Å²) in [7, 11) is 0. The number of benzene rings is 2. The Hall–Kier alpha value is -3.82. The summed E-state index contributed by atoms with van der Waals surface area (Å²) < 4.78 is 0. The van der Waals surface area contributed by atoms with Crippen LogP contribution in [-0.2, 0) is 20.8 Å². The molecule has 0 radical (unpaired) electrons. The standard InChI is InChI=1S/C27H32N6O3/c1-17(28)25(34)31-21-14-24(30-16-21)27(36)33-23(12-11-18-7-3-2-4-8-18)26(35)32-20-13-19-9-5-6-10-22(19)29-15-20/h2-10,13,15,17,21,23-24,30H,11-12,14,16,28H2,1H3,(H,31,34)(H,32,35)(H,33,36)/t17?,21-,23?,24+/m1/s1. The zero-order chi connectivity index (χ0) is 25.5. The normalized spacial score (nSPS) is 18.8. The summed E-state index contributed by atoms with van der Waals surface area (Å²) in [4.78, 5) is 42.6. The van der Waals surface area contributed by atoms with Gasteiger partial charge in [-0.15, -0.1) is 0 Å². The SMILES string of the molecule is CC(N)C(=O)N[C@H]1CN[C@H](C(=O)NC(CCc2ccccc2)C(=O)Nc2cnc3ccccc3c2)C1. The maximum Gasteiger partial charge on any atom is 0.247 e. The zero-order valence-corrected chi connectivity index (χ0v) is 20.2. The molecule has 9 heteroatoms. The second-order valence-corrected chi connectivity index (χ2v) is 9.18. The largest absolute Gasteiger partial charge is 0.351 e. The van der Waals surface area contributed by atoms with Crippen molar-refractivity contribution in [1.29, 1.82) is 0 Å². The molecule has 2 unspecified atom stereocenters. The molecule has 36 heavy (non-hydrogen) atoms. The van der Waals surface area contributed by atoms with Crippen molar-refractivity contribution in [2.45, 2.75) is 50.4 Å². The van der Waals surface area contributed by atoms with E-state index in [1.54, 1.807) is 13.1 Å². The number of rotatable bonds is 9. The minimum Gasteiger partial charge on any atom is -0.351 e. The van der Waals surface area contributed by atoms with Crippen molar-refractivity contribution in [2.75, 3.05) is 11.9 Å². The van der Waals surface area contributed by atoms with Crippen LogP contribution in [0.15, 0.2) is 66.9 Å². The highest BCUT2D eigenvalue weighted by atomic mass is 16.2. The molecule has 0 aliphatic carbocycles. The second kappa shape index (κ2) is 11.7. The number of carbonyl (C=O) groups is 3. The molecule has 188 valence electrons. The van der Waals surface area contributed by atoms with Crippen LogP contribution in [0.3, 0.4) is 0 Å². The molecule has 0 spiro atoms. The topological polar surface area (TPSA) is 138 Å². The summed E-state index contributed by atoms with van der Waals surface area (Å²) >= 11 is 0. The minimum atomic E-state index is -0.747. The lowest BCUT2D eigenvalue weighted by atomic mass is 10.0. The number of nitrogens with zero attached hydrogens (tertiary/aromatic N) is 1. The number of hydrogen-bond donors (Lipinski definition) is 5. The number of anilines is 1. The average molecular weight is 489 g/mol. The molecule has 6 N–H and O–H groups in total. The molecule has 2 aromatic carbocycles. The van der Waals surface area contributed by atoms with E-state index in [0.717, 1.165) is 16.5 Å². The van der Waals surface area contributed by atoms with Crippen molar-refractivity contribution in [2.24, 2.45) is 5.73 Å². The first-order valence-electron chi connectivity index (χ1n) is 12.2. The van der Waals surface area contributed by atoms with Gasteiger partial charge in [0.05, 0.1) is 29.5 Å². The first-order chi connectivity index (χ1) is 17.4. The number of fused-ring (bicyclic) bond motifs is 1. The molecule has 1 aromatic heterocycles. The van der Waals surface area contributed by atoms with Crippen LogP contribution in [0.25, 0.3) is 10.9 Å². The fraction of sp³-hybridized carbons (Fsp3) is 0.333. The first-order valence-corrected chi connectivity index (χ1v) is 12.2. The molecule has 3 aromatic rings. The number of amides is 3. The van der Waals surface area contributed by atoms with Gasteiger partial charge in [-0.25, -0.2) is 0 Å². The van der Waals surface area contributed by atoms with Crippen LogP contribution in [0.2, 0.25) is 0 Å². The van der Waals surface area contributed by atoms with Gasteiger partial charge in [-0.3, -0.25) is 19.4 Å². The third-order valence-electron chi connectivity index (χ3n) is 6.26. The van der Waals surface area contributed by atoms with Gasteiger partial charge in [0.15, 0.2) is 0 Å². The maximum absolute atomic E-state index is 13.3. The molecular formula is C27H32N6O3. The van der Waals surface area contributed by atoms with Gasteiger partial charge in [-0.05, 0) is 43.9 Å². The molecule has 0 saturated carbocycles. The summed E-state index contributed by atoms with van der Waals surface area (Å²) in [6.07, 6.45) is 3.09. The van der Waals surface area contributed by atoms with Crippen LogP contribution in [0.5, 0.6) is 0 Å². The highest BCUT2D eigenvalue weighted by Crippen LogP contribution is 2.17. The lowest BCUT2D eigenvalue weighted by Gasteiger charge is -2.21. The fourth-order valence-electron chi connectivity index (χ4n) is 4.24. The third kappa shape index (κ3) is 6.65. The van der Waals surface area contributed by atoms with Crippen LogP contribution >= 0.6 is 0 Å². The Morgan fingerprint density at radius 2 is 1.83 bits per heavy atom. The highest BCUT2D eigenvalue weighted by Gasteiger charge is 2.33. The van der Waals surface area contributed by atoms with Gasteiger partial charge in [0, 0.05) is 18.0 Å². The molecule has 1 aliphatic rings. The summed E-state index contributed by atoms with van der Waals surface area (Å²) in [5.41, 5.74) is 8.10. The van der Waals surface area contributed by atoms with E-state index < -0.39 is 18.1 Å². The van der Waals surface area contributed by atoms with Crippen molar-refractivity contribution in [3.63, 3.8) is 0 Å². The van der Waals surface area contributed by atoms with Crippen molar-refractivity contribution in [3.05, 3.63) is 72.4 Å². The van der Waals surface area contributed by atoms with E-state index in [-0.39, 0.29) is 23.8 Å². The maximum atomic E-state index is 13.3. The van der Waals surface area contributed by atoms with Gasteiger partial charge in [-0.2, -0.15) is 0 Å². The summed E-state index contributed by atoms with van der Waals surface area (Å²) in [6, 6.07) is 17.3. The Labute approximate surface area is 210 Å². The Morgan fingerprint density at radius 1 is 1.08 bits per heavy atom. The van der Waals surface area contributed by atoms with Crippen molar-refractivity contribution in [1.82, 2.24) is 20.9 Å². The van der Waals surface area contributed by atoms with Crippen LogP contribution in [0.4, 0.5) is 5.69 Å². The van der Waals surface area contributed by atoms with Gasteiger partial charge < -0.3 is 27.0 Å². The number of nitrogens with two attached hydrogens (primary N) is 1. The number of nitrogens with one attached hydrogen (secondary N) is 4. The number of pyridine rings is 1. The number of hydrogen-bond acceptors (Lipinski definition) is 6. The summed E-state index contributed by atoms with van der Waals surface area (Å²) in [5.74, 6) is -0.847. The minimum absolute atomic E-state index is 0.195. The number of aryl methyl sites for hydroxylation is 1. The predicted octanol–water partition coefficient (Wildman–Crippen LogP) is 1.48. The molecule has 3 amide bonds. The predicted molar refractivity (Wildman–Crippen MR) is 139 cm³/mol. The van der Waals surface area contributed by atoms with E-state index in [2.05, 4.69) is 26.3 Å². The summed E-state index contributed by atoms with van der Waals surface area (Å²) in [6.45, 7) is 2.07. The molecule has 1 saturated heterocycles.